The molecule has 0 amide bonds. The van der Waals surface area contributed by atoms with Crippen LogP contribution in [0, 0.1) is 11.3 Å². The fraction of sp³-hybridized carbons (Fsp3) is 0.400. The van der Waals surface area contributed by atoms with Crippen LogP contribution in [0.25, 0.3) is 11.3 Å². The Bertz CT molecular complexity index is 742. The van der Waals surface area contributed by atoms with Crippen LogP contribution in [-0.4, -0.2) is 21.5 Å². The van der Waals surface area contributed by atoms with Crippen LogP contribution in [0.15, 0.2) is 18.2 Å². The first kappa shape index (κ1) is 15.3. The van der Waals surface area contributed by atoms with Crippen LogP contribution < -0.4 is 4.74 Å². The highest BCUT2D eigenvalue weighted by molar-refractivity contribution is 5.67. The molecule has 1 fully saturated rings. The van der Waals surface area contributed by atoms with Gasteiger partial charge in [0.1, 0.15) is 17.5 Å². The van der Waals surface area contributed by atoms with Gasteiger partial charge in [-0.1, -0.05) is 5.21 Å². The summed E-state index contributed by atoms with van der Waals surface area (Å²) in [7, 11) is 0. The average molecular weight is 322 g/mol. The zero-order chi connectivity index (χ0) is 16.4. The molecule has 1 N–H and O–H groups in total. The Morgan fingerprint density at radius 2 is 1.96 bits per heavy atom. The van der Waals surface area contributed by atoms with Crippen LogP contribution in [-0.2, 0) is 6.18 Å². The minimum absolute atomic E-state index is 0.0103. The van der Waals surface area contributed by atoms with Crippen molar-refractivity contribution in [3.8, 4) is 23.1 Å². The van der Waals surface area contributed by atoms with Crippen molar-refractivity contribution in [3.05, 3.63) is 29.5 Å². The molecule has 0 spiro atoms. The molecule has 0 aliphatic heterocycles. The van der Waals surface area contributed by atoms with Crippen LogP contribution in [0.3, 0.4) is 0 Å². The van der Waals surface area contributed by atoms with Gasteiger partial charge in [-0.3, -0.25) is 0 Å². The monoisotopic (exact) mass is 322 g/mol. The van der Waals surface area contributed by atoms with Crippen molar-refractivity contribution in [3.63, 3.8) is 0 Å². The number of hydrogen-bond acceptors (Lipinski definition) is 4. The second-order valence-electron chi connectivity index (χ2n) is 5.42. The Hall–Kier alpha value is -2.56. The number of aromatic nitrogens is 3. The van der Waals surface area contributed by atoms with E-state index in [-0.39, 0.29) is 28.8 Å². The number of halogens is 3. The second kappa shape index (κ2) is 5.91. The molecule has 1 heterocycles. The molecular formula is C15H13F3N4O. The quantitative estimate of drug-likeness (QED) is 0.935. The number of hydrogen-bond donors (Lipinski definition) is 1. The van der Waals surface area contributed by atoms with Crippen LogP contribution in [0.4, 0.5) is 13.2 Å². The largest absolute Gasteiger partial charge is 0.490 e. The standard InChI is InChI=1S/C15H13F3N4O/c16-15(17,18)10-5-9(14-13(8-19)20-22-21-14)6-12(7-10)23-11-3-1-2-4-11/h5-7,11H,1-4H2,(H,20,21,22). The Morgan fingerprint density at radius 3 is 2.61 bits per heavy atom. The van der Waals surface area contributed by atoms with E-state index in [1.165, 1.54) is 6.07 Å². The van der Waals surface area contributed by atoms with Crippen molar-refractivity contribution < 1.29 is 17.9 Å². The summed E-state index contributed by atoms with van der Waals surface area (Å²) in [5, 5.41) is 18.5. The zero-order valence-corrected chi connectivity index (χ0v) is 12.0. The number of ether oxygens (including phenoxy) is 1. The Kier molecular flexibility index (Phi) is 3.94. The Labute approximate surface area is 130 Å². The fourth-order valence-corrected chi connectivity index (χ4v) is 2.67. The molecule has 1 aromatic heterocycles. The summed E-state index contributed by atoms with van der Waals surface area (Å²) in [4.78, 5) is 0. The lowest BCUT2D eigenvalue weighted by atomic mass is 10.1. The van der Waals surface area contributed by atoms with Gasteiger partial charge in [0.2, 0.25) is 0 Å². The first-order valence-electron chi connectivity index (χ1n) is 7.18. The molecule has 120 valence electrons. The number of benzene rings is 1. The van der Waals surface area contributed by atoms with Crippen LogP contribution >= 0.6 is 0 Å². The van der Waals surface area contributed by atoms with Gasteiger partial charge >= 0.3 is 6.18 Å². The normalized spacial score (nSPS) is 15.6. The molecule has 1 saturated carbocycles. The maximum Gasteiger partial charge on any atom is 0.416 e. The molecule has 1 aliphatic carbocycles. The molecule has 3 rings (SSSR count). The number of H-pyrrole nitrogens is 1. The van der Waals surface area contributed by atoms with Gasteiger partial charge in [-0.05, 0) is 43.9 Å². The third-order valence-corrected chi connectivity index (χ3v) is 3.77. The van der Waals surface area contributed by atoms with Gasteiger partial charge in [-0.2, -0.15) is 18.4 Å². The van der Waals surface area contributed by atoms with Crippen molar-refractivity contribution in [2.45, 2.75) is 38.0 Å². The van der Waals surface area contributed by atoms with Gasteiger partial charge in [0.15, 0.2) is 5.69 Å². The smallest absolute Gasteiger partial charge is 0.416 e. The number of nitrogens with one attached hydrogen (secondary N) is 1. The van der Waals surface area contributed by atoms with Crippen LogP contribution in [0.1, 0.15) is 36.9 Å². The zero-order valence-electron chi connectivity index (χ0n) is 12.0. The number of aromatic amines is 1. The van der Waals surface area contributed by atoms with E-state index in [4.69, 9.17) is 10.00 Å². The molecule has 1 aliphatic rings. The maximum atomic E-state index is 13.1. The molecule has 1 aromatic carbocycles. The van der Waals surface area contributed by atoms with E-state index < -0.39 is 11.7 Å². The van der Waals surface area contributed by atoms with Gasteiger partial charge < -0.3 is 4.74 Å². The van der Waals surface area contributed by atoms with Crippen LogP contribution in [0.5, 0.6) is 5.75 Å². The highest BCUT2D eigenvalue weighted by atomic mass is 19.4. The first-order valence-corrected chi connectivity index (χ1v) is 7.18. The lowest BCUT2D eigenvalue weighted by Gasteiger charge is -2.16. The van der Waals surface area contributed by atoms with Gasteiger partial charge in [-0.15, -0.1) is 5.10 Å². The minimum Gasteiger partial charge on any atom is -0.490 e. The third-order valence-electron chi connectivity index (χ3n) is 3.77. The van der Waals surface area contributed by atoms with Gasteiger partial charge in [0.25, 0.3) is 0 Å². The molecule has 23 heavy (non-hydrogen) atoms. The predicted molar refractivity (Wildman–Crippen MR) is 74.4 cm³/mol. The molecule has 0 saturated heterocycles. The molecule has 2 aromatic rings. The molecule has 0 unspecified atom stereocenters. The van der Waals surface area contributed by atoms with Gasteiger partial charge in [-0.25, -0.2) is 5.10 Å². The summed E-state index contributed by atoms with van der Waals surface area (Å²) >= 11 is 0. The van der Waals surface area contributed by atoms with Crippen LogP contribution in [0.2, 0.25) is 0 Å². The number of nitriles is 1. The van der Waals surface area contributed by atoms with Crippen molar-refractivity contribution in [1.82, 2.24) is 15.4 Å². The van der Waals surface area contributed by atoms with Crippen molar-refractivity contribution >= 4 is 0 Å². The summed E-state index contributed by atoms with van der Waals surface area (Å²) in [6.45, 7) is 0. The van der Waals surface area contributed by atoms with E-state index in [0.717, 1.165) is 37.8 Å². The fourth-order valence-electron chi connectivity index (χ4n) is 2.67. The van der Waals surface area contributed by atoms with E-state index in [1.54, 1.807) is 0 Å². The number of nitrogens with zero attached hydrogens (tertiary/aromatic N) is 3. The van der Waals surface area contributed by atoms with Crippen molar-refractivity contribution in [1.29, 1.82) is 5.26 Å². The van der Waals surface area contributed by atoms with Crippen molar-refractivity contribution in [2.75, 3.05) is 0 Å². The van der Waals surface area contributed by atoms with E-state index in [1.807, 2.05) is 6.07 Å². The number of alkyl halides is 3. The molecule has 0 radical (unpaired) electrons. The first-order chi connectivity index (χ1) is 11.0. The van der Waals surface area contributed by atoms with E-state index >= 15 is 0 Å². The van der Waals surface area contributed by atoms with E-state index in [9.17, 15) is 13.2 Å². The lowest BCUT2D eigenvalue weighted by molar-refractivity contribution is -0.137. The highest BCUT2D eigenvalue weighted by Gasteiger charge is 2.32. The summed E-state index contributed by atoms with van der Waals surface area (Å²) in [6.07, 6.45) is -0.895. The molecular weight excluding hydrogens is 309 g/mol. The molecule has 0 atom stereocenters. The summed E-state index contributed by atoms with van der Waals surface area (Å²) < 4.78 is 45.0. The summed E-state index contributed by atoms with van der Waals surface area (Å²) in [5.41, 5.74) is -0.598. The summed E-state index contributed by atoms with van der Waals surface area (Å²) in [6, 6.07) is 5.21. The number of rotatable bonds is 3. The molecule has 0 bridgehead atoms. The second-order valence-corrected chi connectivity index (χ2v) is 5.42. The molecule has 8 heteroatoms. The average Bonchev–Trinajstić information content (AvgIpc) is 3.16. The highest BCUT2D eigenvalue weighted by Crippen LogP contribution is 2.36. The third kappa shape index (κ3) is 3.28. The Morgan fingerprint density at radius 1 is 1.22 bits per heavy atom. The predicted octanol–water partition coefficient (Wildman–Crippen LogP) is 3.68. The lowest BCUT2D eigenvalue weighted by Crippen LogP contribution is -2.12. The minimum atomic E-state index is -4.51. The van der Waals surface area contributed by atoms with E-state index in [0.29, 0.717) is 0 Å². The molecule has 5 nitrogen and oxygen atoms in total. The van der Waals surface area contributed by atoms with Gasteiger partial charge in [0, 0.05) is 5.56 Å². The maximum absolute atomic E-state index is 13.1. The summed E-state index contributed by atoms with van der Waals surface area (Å²) in [5.74, 6) is 0.133. The Balaban J connectivity index is 2.03. The SMILES string of the molecule is N#Cc1[nH]nnc1-c1cc(OC2CCCC2)cc(C(F)(F)F)c1. The van der Waals surface area contributed by atoms with E-state index in [2.05, 4.69) is 15.4 Å². The topological polar surface area (TPSA) is 74.6 Å². The van der Waals surface area contributed by atoms with Crippen molar-refractivity contribution in [2.24, 2.45) is 0 Å². The van der Waals surface area contributed by atoms with Gasteiger partial charge in [0.05, 0.1) is 11.7 Å².